The van der Waals surface area contributed by atoms with Crippen molar-refractivity contribution in [2.45, 2.75) is 25.9 Å². The molecule has 0 saturated carbocycles. The number of hydrogen-bond acceptors (Lipinski definition) is 2. The van der Waals surface area contributed by atoms with Gasteiger partial charge in [0.05, 0.1) is 5.69 Å². The number of hydrogen-bond donors (Lipinski definition) is 0. The highest BCUT2D eigenvalue weighted by molar-refractivity contribution is 5.47. The van der Waals surface area contributed by atoms with E-state index in [9.17, 15) is 0 Å². The minimum Gasteiger partial charge on any atom is -0.334 e. The van der Waals surface area contributed by atoms with Crippen LogP contribution in [0.1, 0.15) is 33.6 Å². The fourth-order valence-corrected chi connectivity index (χ4v) is 4.27. The highest BCUT2D eigenvalue weighted by Gasteiger charge is 2.25. The predicted molar refractivity (Wildman–Crippen MR) is 118 cm³/mol. The molecule has 2 heterocycles. The van der Waals surface area contributed by atoms with E-state index in [1.165, 1.54) is 33.6 Å². The molecule has 0 radical (unpaired) electrons. The van der Waals surface area contributed by atoms with Crippen molar-refractivity contribution < 1.29 is 0 Å². The summed E-state index contributed by atoms with van der Waals surface area (Å²) in [6.45, 7) is 1.85. The van der Waals surface area contributed by atoms with Crippen LogP contribution in [-0.4, -0.2) is 9.55 Å². The molecular formula is C26H25N3. The maximum atomic E-state index is 5.16. The second-order valence-electron chi connectivity index (χ2n) is 7.81. The van der Waals surface area contributed by atoms with E-state index in [4.69, 9.17) is 4.98 Å². The highest BCUT2D eigenvalue weighted by Crippen LogP contribution is 2.30. The molecule has 1 aliphatic heterocycles. The third-order valence-corrected chi connectivity index (χ3v) is 5.83. The Kier molecular flexibility index (Phi) is 4.65. The molecule has 0 bridgehead atoms. The molecule has 0 unspecified atom stereocenters. The fraction of sp³-hybridized carbons (Fsp3) is 0.192. The second kappa shape index (κ2) is 7.59. The van der Waals surface area contributed by atoms with Crippen LogP contribution >= 0.6 is 0 Å². The summed E-state index contributed by atoms with van der Waals surface area (Å²) < 4.78 is 2.30. The standard InChI is InChI=1S/C26H25N3/c1-28-25(17-21-12-6-3-7-13-21)24(16-20-10-4-2-5-11-20)27-26(28)29-18-22-14-8-9-15-23(22)19-29/h2-15H,16-19H2,1H3. The first-order chi connectivity index (χ1) is 14.3. The van der Waals surface area contributed by atoms with Crippen molar-refractivity contribution in [3.63, 3.8) is 0 Å². The maximum Gasteiger partial charge on any atom is 0.206 e. The number of fused-ring (bicyclic) bond motifs is 1. The molecule has 29 heavy (non-hydrogen) atoms. The first-order valence-corrected chi connectivity index (χ1v) is 10.2. The zero-order chi connectivity index (χ0) is 19.6. The Labute approximate surface area is 172 Å². The summed E-state index contributed by atoms with van der Waals surface area (Å²) in [5, 5.41) is 0. The second-order valence-corrected chi connectivity index (χ2v) is 7.81. The number of aromatic nitrogens is 2. The van der Waals surface area contributed by atoms with Gasteiger partial charge in [-0.15, -0.1) is 0 Å². The molecule has 3 aromatic carbocycles. The van der Waals surface area contributed by atoms with E-state index in [2.05, 4.69) is 101 Å². The summed E-state index contributed by atoms with van der Waals surface area (Å²) in [4.78, 5) is 7.55. The van der Waals surface area contributed by atoms with Gasteiger partial charge in [-0.3, -0.25) is 0 Å². The van der Waals surface area contributed by atoms with Gasteiger partial charge >= 0.3 is 0 Å². The molecule has 0 aliphatic carbocycles. The van der Waals surface area contributed by atoms with Crippen LogP contribution in [0.4, 0.5) is 5.95 Å². The van der Waals surface area contributed by atoms with Crippen LogP contribution in [0.15, 0.2) is 84.9 Å². The van der Waals surface area contributed by atoms with E-state index in [1.807, 2.05) is 0 Å². The highest BCUT2D eigenvalue weighted by atomic mass is 15.3. The van der Waals surface area contributed by atoms with Gasteiger partial charge in [-0.25, -0.2) is 4.98 Å². The zero-order valence-electron chi connectivity index (χ0n) is 16.8. The van der Waals surface area contributed by atoms with Crippen molar-refractivity contribution in [3.05, 3.63) is 119 Å². The van der Waals surface area contributed by atoms with E-state index >= 15 is 0 Å². The van der Waals surface area contributed by atoms with Gasteiger partial charge in [-0.2, -0.15) is 0 Å². The van der Waals surface area contributed by atoms with Gasteiger partial charge in [0.15, 0.2) is 0 Å². The number of nitrogens with zero attached hydrogens (tertiary/aromatic N) is 3. The van der Waals surface area contributed by atoms with Crippen LogP contribution < -0.4 is 4.90 Å². The quantitative estimate of drug-likeness (QED) is 0.480. The van der Waals surface area contributed by atoms with Crippen LogP contribution in [0.3, 0.4) is 0 Å². The minimum atomic E-state index is 0.859. The van der Waals surface area contributed by atoms with Gasteiger partial charge in [0.2, 0.25) is 5.95 Å². The summed E-state index contributed by atoms with van der Waals surface area (Å²) in [5.41, 5.74) is 7.91. The van der Waals surface area contributed by atoms with Crippen LogP contribution in [0.2, 0.25) is 0 Å². The Hall–Kier alpha value is -3.33. The first-order valence-electron chi connectivity index (χ1n) is 10.2. The molecule has 3 nitrogen and oxygen atoms in total. The Morgan fingerprint density at radius 2 is 1.21 bits per heavy atom. The summed E-state index contributed by atoms with van der Waals surface area (Å²) in [6, 6.07) is 30.1. The zero-order valence-corrected chi connectivity index (χ0v) is 16.8. The number of benzene rings is 3. The van der Waals surface area contributed by atoms with Crippen LogP contribution in [0.5, 0.6) is 0 Å². The Morgan fingerprint density at radius 1 is 0.690 bits per heavy atom. The summed E-state index contributed by atoms with van der Waals surface area (Å²) in [5.74, 6) is 1.07. The topological polar surface area (TPSA) is 21.1 Å². The lowest BCUT2D eigenvalue weighted by Crippen LogP contribution is -2.19. The van der Waals surface area contributed by atoms with Crippen LogP contribution in [0.25, 0.3) is 0 Å². The third-order valence-electron chi connectivity index (χ3n) is 5.83. The Morgan fingerprint density at radius 3 is 1.79 bits per heavy atom. The average Bonchev–Trinajstić information content (AvgIpc) is 3.32. The van der Waals surface area contributed by atoms with Gasteiger partial charge in [0.25, 0.3) is 0 Å². The largest absolute Gasteiger partial charge is 0.334 e. The van der Waals surface area contributed by atoms with Gasteiger partial charge in [-0.1, -0.05) is 84.9 Å². The summed E-state index contributed by atoms with van der Waals surface area (Å²) >= 11 is 0. The molecule has 0 atom stereocenters. The molecule has 0 fully saturated rings. The molecule has 1 aliphatic rings. The lowest BCUT2D eigenvalue weighted by Gasteiger charge is -2.17. The van der Waals surface area contributed by atoms with Gasteiger partial charge in [-0.05, 0) is 22.3 Å². The third kappa shape index (κ3) is 3.56. The van der Waals surface area contributed by atoms with Crippen molar-refractivity contribution in [1.82, 2.24) is 9.55 Å². The van der Waals surface area contributed by atoms with E-state index in [0.29, 0.717) is 0 Å². The number of rotatable bonds is 5. The van der Waals surface area contributed by atoms with E-state index in [0.717, 1.165) is 31.9 Å². The molecule has 1 aromatic heterocycles. The van der Waals surface area contributed by atoms with E-state index < -0.39 is 0 Å². The van der Waals surface area contributed by atoms with Gasteiger partial charge < -0.3 is 9.47 Å². The lowest BCUT2D eigenvalue weighted by atomic mass is 10.0. The van der Waals surface area contributed by atoms with Crippen molar-refractivity contribution in [3.8, 4) is 0 Å². The first kappa shape index (κ1) is 17.7. The molecule has 0 amide bonds. The van der Waals surface area contributed by atoms with Crippen LogP contribution in [-0.2, 0) is 33.0 Å². The molecule has 144 valence electrons. The molecular weight excluding hydrogens is 354 g/mol. The monoisotopic (exact) mass is 379 g/mol. The smallest absolute Gasteiger partial charge is 0.206 e. The Bertz CT molecular complexity index is 1090. The number of anilines is 1. The molecule has 0 saturated heterocycles. The molecule has 4 aromatic rings. The normalized spacial score (nSPS) is 12.9. The summed E-state index contributed by atoms with van der Waals surface area (Å²) in [6.07, 6.45) is 1.75. The van der Waals surface area contributed by atoms with Crippen molar-refractivity contribution in [1.29, 1.82) is 0 Å². The predicted octanol–water partition coefficient (Wildman–Crippen LogP) is 5.12. The van der Waals surface area contributed by atoms with Gasteiger partial charge in [0.1, 0.15) is 0 Å². The van der Waals surface area contributed by atoms with E-state index in [-0.39, 0.29) is 0 Å². The average molecular weight is 380 g/mol. The van der Waals surface area contributed by atoms with Gasteiger partial charge in [0, 0.05) is 38.7 Å². The molecule has 0 spiro atoms. The fourth-order valence-electron chi connectivity index (χ4n) is 4.27. The summed E-state index contributed by atoms with van der Waals surface area (Å²) in [7, 11) is 2.16. The SMILES string of the molecule is Cn1c(N2Cc3ccccc3C2)nc(Cc2ccccc2)c1Cc1ccccc1. The lowest BCUT2D eigenvalue weighted by molar-refractivity contribution is 0.758. The number of imidazole rings is 1. The van der Waals surface area contributed by atoms with Crippen molar-refractivity contribution in [2.75, 3.05) is 4.90 Å². The molecule has 0 N–H and O–H groups in total. The van der Waals surface area contributed by atoms with Crippen molar-refractivity contribution >= 4 is 5.95 Å². The van der Waals surface area contributed by atoms with Crippen molar-refractivity contribution in [2.24, 2.45) is 7.05 Å². The minimum absolute atomic E-state index is 0.859. The molecule has 3 heteroatoms. The van der Waals surface area contributed by atoms with E-state index in [1.54, 1.807) is 0 Å². The Balaban J connectivity index is 1.52. The maximum absolute atomic E-state index is 5.16. The van der Waals surface area contributed by atoms with Crippen LogP contribution in [0, 0.1) is 0 Å². The molecule has 5 rings (SSSR count).